The van der Waals surface area contributed by atoms with Crippen molar-refractivity contribution < 1.29 is 0 Å². The Balaban J connectivity index is 2.27. The van der Waals surface area contributed by atoms with Crippen LogP contribution in [0.15, 0.2) is 55.3 Å². The summed E-state index contributed by atoms with van der Waals surface area (Å²) in [4.78, 5) is 0. The fourth-order valence-corrected chi connectivity index (χ4v) is 1.24. The Labute approximate surface area is 86.2 Å². The van der Waals surface area contributed by atoms with Crippen molar-refractivity contribution in [2.75, 3.05) is 6.54 Å². The number of nitrogens with one attached hydrogen (secondary N) is 1. The second-order valence-corrected chi connectivity index (χ2v) is 3.26. The number of hydrogen-bond acceptors (Lipinski definition) is 1. The van der Waals surface area contributed by atoms with Crippen LogP contribution in [0.4, 0.5) is 0 Å². The Morgan fingerprint density at radius 2 is 2.00 bits per heavy atom. The van der Waals surface area contributed by atoms with Crippen molar-refractivity contribution in [1.29, 1.82) is 0 Å². The minimum absolute atomic E-state index is 0.799. The van der Waals surface area contributed by atoms with Crippen molar-refractivity contribution >= 4 is 0 Å². The molecule has 0 aliphatic rings. The van der Waals surface area contributed by atoms with Gasteiger partial charge in [0.05, 0.1) is 0 Å². The highest BCUT2D eigenvalue weighted by molar-refractivity contribution is 5.15. The van der Waals surface area contributed by atoms with Crippen LogP contribution < -0.4 is 5.32 Å². The molecule has 1 rings (SSSR count). The van der Waals surface area contributed by atoms with Gasteiger partial charge in [-0.1, -0.05) is 43.0 Å². The maximum atomic E-state index is 3.95. The molecule has 0 spiro atoms. The van der Waals surface area contributed by atoms with Gasteiger partial charge >= 0.3 is 0 Å². The van der Waals surface area contributed by atoms with Crippen molar-refractivity contribution in [2.45, 2.75) is 12.8 Å². The van der Waals surface area contributed by atoms with Gasteiger partial charge in [-0.25, -0.2) is 0 Å². The van der Waals surface area contributed by atoms with E-state index in [1.165, 1.54) is 5.56 Å². The molecule has 0 heterocycles. The lowest BCUT2D eigenvalue weighted by atomic mass is 10.1. The molecule has 0 bridgehead atoms. The second-order valence-electron chi connectivity index (χ2n) is 3.26. The number of rotatable bonds is 6. The van der Waals surface area contributed by atoms with Crippen LogP contribution >= 0.6 is 0 Å². The molecule has 14 heavy (non-hydrogen) atoms. The van der Waals surface area contributed by atoms with Crippen molar-refractivity contribution in [3.63, 3.8) is 0 Å². The predicted molar refractivity (Wildman–Crippen MR) is 62.1 cm³/mol. The number of hydrogen-bond donors (Lipinski definition) is 1. The number of benzene rings is 1. The summed E-state index contributed by atoms with van der Waals surface area (Å²) in [6, 6.07) is 10.4. The fraction of sp³-hybridized carbons (Fsp3) is 0.231. The van der Waals surface area contributed by atoms with Crippen molar-refractivity contribution in [3.8, 4) is 0 Å². The Hall–Kier alpha value is -1.50. The Kier molecular flexibility index (Phi) is 4.56. The van der Waals surface area contributed by atoms with Gasteiger partial charge in [0.25, 0.3) is 0 Å². The van der Waals surface area contributed by atoms with Crippen LogP contribution in [-0.4, -0.2) is 6.54 Å². The van der Waals surface area contributed by atoms with E-state index in [0.29, 0.717) is 0 Å². The number of allylic oxidation sites excluding steroid dienone is 1. The highest BCUT2D eigenvalue weighted by Crippen LogP contribution is 2.05. The average molecular weight is 187 g/mol. The van der Waals surface area contributed by atoms with Crippen molar-refractivity contribution in [1.82, 2.24) is 5.32 Å². The van der Waals surface area contributed by atoms with E-state index >= 15 is 0 Å². The lowest BCUT2D eigenvalue weighted by Gasteiger charge is -2.06. The molecule has 0 radical (unpaired) electrons. The summed E-state index contributed by atoms with van der Waals surface area (Å²) in [6.07, 6.45) is 3.87. The molecule has 1 N–H and O–H groups in total. The van der Waals surface area contributed by atoms with Crippen molar-refractivity contribution in [3.05, 3.63) is 60.8 Å². The lowest BCUT2D eigenvalue weighted by Crippen LogP contribution is -2.12. The first kappa shape index (κ1) is 10.6. The molecule has 0 saturated carbocycles. The molecule has 0 atom stereocenters. The summed E-state index contributed by atoms with van der Waals surface area (Å²) in [7, 11) is 0. The molecule has 0 saturated heterocycles. The minimum Gasteiger partial charge on any atom is -0.385 e. The van der Waals surface area contributed by atoms with E-state index in [1.54, 1.807) is 0 Å². The summed E-state index contributed by atoms with van der Waals surface area (Å²) >= 11 is 0. The van der Waals surface area contributed by atoms with Gasteiger partial charge in [-0.2, -0.15) is 0 Å². The molecule has 1 nitrogen and oxygen atoms in total. The van der Waals surface area contributed by atoms with Crippen LogP contribution in [0.2, 0.25) is 0 Å². The van der Waals surface area contributed by atoms with Crippen LogP contribution in [0.25, 0.3) is 0 Å². The average Bonchev–Trinajstić information content (AvgIpc) is 2.25. The van der Waals surface area contributed by atoms with Crippen LogP contribution in [0.3, 0.4) is 0 Å². The molecule has 1 aromatic rings. The van der Waals surface area contributed by atoms with Gasteiger partial charge in [-0.05, 0) is 18.4 Å². The Bertz CT molecular complexity index is 287. The molecule has 0 aromatic heterocycles. The molecular formula is C13H17N. The smallest absolute Gasteiger partial charge is 0.0325 e. The van der Waals surface area contributed by atoms with Gasteiger partial charge in [-0.15, -0.1) is 6.58 Å². The zero-order valence-electron chi connectivity index (χ0n) is 8.50. The van der Waals surface area contributed by atoms with Crippen LogP contribution in [0.5, 0.6) is 0 Å². The zero-order chi connectivity index (χ0) is 10.2. The molecule has 1 heteroatoms. The first-order valence-corrected chi connectivity index (χ1v) is 4.89. The fourth-order valence-electron chi connectivity index (χ4n) is 1.24. The summed E-state index contributed by atoms with van der Waals surface area (Å²) in [6.45, 7) is 8.39. The van der Waals surface area contributed by atoms with Gasteiger partial charge in [0.1, 0.15) is 0 Å². The molecule has 74 valence electrons. The molecule has 1 aromatic carbocycles. The largest absolute Gasteiger partial charge is 0.385 e. The van der Waals surface area contributed by atoms with E-state index < -0.39 is 0 Å². The Morgan fingerprint density at radius 1 is 1.29 bits per heavy atom. The highest BCUT2D eigenvalue weighted by Gasteiger charge is 1.94. The first-order valence-electron chi connectivity index (χ1n) is 4.89. The third-order valence-corrected chi connectivity index (χ3v) is 2.05. The highest BCUT2D eigenvalue weighted by atomic mass is 14.9. The van der Waals surface area contributed by atoms with Crippen LogP contribution in [0.1, 0.15) is 12.0 Å². The molecule has 0 unspecified atom stereocenters. The van der Waals surface area contributed by atoms with Gasteiger partial charge in [0.2, 0.25) is 0 Å². The third kappa shape index (κ3) is 3.94. The third-order valence-electron chi connectivity index (χ3n) is 2.05. The number of aryl methyl sites for hydroxylation is 1. The maximum absolute atomic E-state index is 3.95. The van der Waals surface area contributed by atoms with Crippen LogP contribution in [0, 0.1) is 0 Å². The van der Waals surface area contributed by atoms with Gasteiger partial charge in [0.15, 0.2) is 0 Å². The van der Waals surface area contributed by atoms with Gasteiger partial charge in [0, 0.05) is 12.2 Å². The minimum atomic E-state index is 0.799. The van der Waals surface area contributed by atoms with Gasteiger partial charge < -0.3 is 5.32 Å². The van der Waals surface area contributed by atoms with E-state index in [2.05, 4.69) is 42.7 Å². The summed E-state index contributed by atoms with van der Waals surface area (Å²) in [5.41, 5.74) is 2.43. The van der Waals surface area contributed by atoms with Gasteiger partial charge in [-0.3, -0.25) is 0 Å². The zero-order valence-corrected chi connectivity index (χ0v) is 8.50. The normalized spacial score (nSPS) is 9.43. The van der Waals surface area contributed by atoms with E-state index in [0.717, 1.165) is 25.1 Å². The quantitative estimate of drug-likeness (QED) is 0.675. The molecule has 0 aliphatic carbocycles. The maximum Gasteiger partial charge on any atom is 0.0325 e. The van der Waals surface area contributed by atoms with E-state index in [-0.39, 0.29) is 0 Å². The molecule has 0 amide bonds. The first-order chi connectivity index (χ1) is 6.83. The monoisotopic (exact) mass is 187 g/mol. The molecule has 0 aliphatic heterocycles. The standard InChI is InChI=1S/C13H17N/c1-3-11-14-12(2)9-10-13-7-5-4-6-8-13/h3-8,14H,1-2,9-11H2. The Morgan fingerprint density at radius 3 is 2.64 bits per heavy atom. The topological polar surface area (TPSA) is 12.0 Å². The summed E-state index contributed by atoms with van der Waals surface area (Å²) < 4.78 is 0. The van der Waals surface area contributed by atoms with E-state index in [9.17, 15) is 0 Å². The lowest BCUT2D eigenvalue weighted by molar-refractivity contribution is 0.805. The summed E-state index contributed by atoms with van der Waals surface area (Å²) in [5, 5.41) is 3.19. The van der Waals surface area contributed by atoms with E-state index in [4.69, 9.17) is 0 Å². The van der Waals surface area contributed by atoms with Crippen molar-refractivity contribution in [2.24, 2.45) is 0 Å². The van der Waals surface area contributed by atoms with E-state index in [1.807, 2.05) is 12.1 Å². The summed E-state index contributed by atoms with van der Waals surface area (Å²) in [5.74, 6) is 0. The van der Waals surface area contributed by atoms with Crippen LogP contribution in [-0.2, 0) is 6.42 Å². The molecule has 0 fully saturated rings. The molecular weight excluding hydrogens is 170 g/mol. The SMILES string of the molecule is C=CCNC(=C)CCc1ccccc1. The second kappa shape index (κ2) is 6.03. The predicted octanol–water partition coefficient (Wildman–Crippen LogP) is 2.91.